The highest BCUT2D eigenvalue weighted by molar-refractivity contribution is 6.24. The van der Waals surface area contributed by atoms with Gasteiger partial charge in [-0.2, -0.15) is 0 Å². The molecule has 0 aliphatic carbocycles. The topological polar surface area (TPSA) is 27.7 Å². The largest absolute Gasteiger partial charge is 0.497 e. The van der Waals surface area contributed by atoms with Crippen molar-refractivity contribution in [2.45, 2.75) is 6.92 Å². The Morgan fingerprint density at radius 3 is 2.12 bits per heavy atom. The molecule has 0 aliphatic heterocycles. The molecule has 0 spiro atoms. The smallest absolute Gasteiger partial charge is 0.127 e. The third-order valence-corrected chi connectivity index (χ3v) is 4.82. The average Bonchev–Trinajstić information content (AvgIpc) is 2.65. The molecule has 0 fully saturated rings. The average molecular weight is 332 g/mol. The Kier molecular flexibility index (Phi) is 3.65. The maximum Gasteiger partial charge on any atom is 0.127 e. The molecule has 25 heavy (non-hydrogen) atoms. The van der Waals surface area contributed by atoms with E-state index in [1.165, 1.54) is 10.9 Å². The minimum Gasteiger partial charge on any atom is -0.497 e. The van der Waals surface area contributed by atoms with E-state index in [9.17, 15) is 0 Å². The van der Waals surface area contributed by atoms with Crippen molar-refractivity contribution < 1.29 is 14.2 Å². The monoisotopic (exact) mass is 332 g/mol. The molecule has 0 bridgehead atoms. The second kappa shape index (κ2) is 5.85. The van der Waals surface area contributed by atoms with Gasteiger partial charge < -0.3 is 14.2 Å². The number of fused-ring (bicyclic) bond motifs is 5. The van der Waals surface area contributed by atoms with Gasteiger partial charge in [0.1, 0.15) is 17.2 Å². The molecular formula is C22H20O3. The quantitative estimate of drug-likeness (QED) is 0.465. The molecule has 126 valence electrons. The minimum absolute atomic E-state index is 0.864. The van der Waals surface area contributed by atoms with Gasteiger partial charge in [-0.15, -0.1) is 0 Å². The molecule has 0 N–H and O–H groups in total. The molecule has 0 amide bonds. The predicted octanol–water partition coefficient (Wildman–Crippen LogP) is 5.48. The fraction of sp³-hybridized carbons (Fsp3) is 0.182. The first-order chi connectivity index (χ1) is 12.2. The van der Waals surface area contributed by atoms with Gasteiger partial charge in [0.15, 0.2) is 0 Å². The highest BCUT2D eigenvalue weighted by Gasteiger charge is 2.15. The standard InChI is InChI=1S/C22H20O3/c1-13-10-16(23-2)11-15-8-9-17-19(25-4)12-14-6-5-7-18(24-3)21(14)22(17)20(13)15/h5-12H,1-4H3. The van der Waals surface area contributed by atoms with Crippen LogP contribution in [0.2, 0.25) is 0 Å². The van der Waals surface area contributed by atoms with E-state index in [1.807, 2.05) is 12.1 Å². The van der Waals surface area contributed by atoms with Crippen LogP contribution in [0.5, 0.6) is 17.2 Å². The zero-order chi connectivity index (χ0) is 17.6. The van der Waals surface area contributed by atoms with Gasteiger partial charge in [0, 0.05) is 16.2 Å². The second-order valence-electron chi connectivity index (χ2n) is 6.17. The SMILES string of the molecule is COc1cc(C)c2c(ccc3c(OC)cc4cccc(OC)c4c32)c1. The van der Waals surface area contributed by atoms with Crippen molar-refractivity contribution in [2.24, 2.45) is 0 Å². The molecule has 0 saturated carbocycles. The highest BCUT2D eigenvalue weighted by Crippen LogP contribution is 2.43. The third-order valence-electron chi connectivity index (χ3n) is 4.82. The van der Waals surface area contributed by atoms with E-state index in [0.29, 0.717) is 0 Å². The number of methoxy groups -OCH3 is 3. The molecule has 3 nitrogen and oxygen atoms in total. The summed E-state index contributed by atoms with van der Waals surface area (Å²) >= 11 is 0. The zero-order valence-electron chi connectivity index (χ0n) is 14.8. The van der Waals surface area contributed by atoms with Crippen molar-refractivity contribution >= 4 is 32.3 Å². The lowest BCUT2D eigenvalue weighted by atomic mass is 9.92. The summed E-state index contributed by atoms with van der Waals surface area (Å²) in [6.45, 7) is 2.12. The maximum absolute atomic E-state index is 5.68. The van der Waals surface area contributed by atoms with Gasteiger partial charge in [-0.05, 0) is 59.0 Å². The number of hydrogen-bond donors (Lipinski definition) is 0. The van der Waals surface area contributed by atoms with Crippen molar-refractivity contribution in [3.63, 3.8) is 0 Å². The summed E-state index contributed by atoms with van der Waals surface area (Å²) in [5, 5.41) is 6.80. The van der Waals surface area contributed by atoms with Crippen LogP contribution in [0.4, 0.5) is 0 Å². The zero-order valence-corrected chi connectivity index (χ0v) is 14.8. The summed E-state index contributed by atoms with van der Waals surface area (Å²) in [6.07, 6.45) is 0. The Bertz CT molecular complexity index is 1110. The molecule has 4 aromatic rings. The second-order valence-corrected chi connectivity index (χ2v) is 6.17. The maximum atomic E-state index is 5.68. The van der Waals surface area contributed by atoms with E-state index in [4.69, 9.17) is 14.2 Å². The summed E-state index contributed by atoms with van der Waals surface area (Å²) in [7, 11) is 5.13. The summed E-state index contributed by atoms with van der Waals surface area (Å²) in [5.74, 6) is 2.60. The van der Waals surface area contributed by atoms with E-state index in [-0.39, 0.29) is 0 Å². The third kappa shape index (κ3) is 2.27. The fourth-order valence-electron chi connectivity index (χ4n) is 3.72. The van der Waals surface area contributed by atoms with Gasteiger partial charge in [0.25, 0.3) is 0 Å². The lowest BCUT2D eigenvalue weighted by molar-refractivity contribution is 0.415. The molecule has 0 aliphatic rings. The summed E-state index contributed by atoms with van der Waals surface area (Å²) in [4.78, 5) is 0. The van der Waals surface area contributed by atoms with Gasteiger partial charge in [0.05, 0.1) is 21.3 Å². The number of hydrogen-bond acceptors (Lipinski definition) is 3. The Balaban J connectivity index is 2.33. The van der Waals surface area contributed by atoms with Crippen LogP contribution in [0.3, 0.4) is 0 Å². The van der Waals surface area contributed by atoms with E-state index >= 15 is 0 Å². The van der Waals surface area contributed by atoms with Crippen molar-refractivity contribution in [3.8, 4) is 17.2 Å². The number of benzene rings is 4. The summed E-state index contributed by atoms with van der Waals surface area (Å²) in [6, 6.07) is 16.6. The fourth-order valence-corrected chi connectivity index (χ4v) is 3.72. The summed E-state index contributed by atoms with van der Waals surface area (Å²) < 4.78 is 16.8. The van der Waals surface area contributed by atoms with Crippen LogP contribution >= 0.6 is 0 Å². The molecule has 0 atom stereocenters. The molecule has 4 rings (SSSR count). The number of rotatable bonds is 3. The van der Waals surface area contributed by atoms with Crippen LogP contribution in [0, 0.1) is 6.92 Å². The molecule has 0 saturated heterocycles. The molecule has 4 aromatic carbocycles. The first kappa shape index (κ1) is 15.6. The van der Waals surface area contributed by atoms with Gasteiger partial charge in [-0.3, -0.25) is 0 Å². The Hall–Kier alpha value is -2.94. The Labute approximate surface area is 146 Å². The van der Waals surface area contributed by atoms with Crippen LogP contribution in [0.25, 0.3) is 32.3 Å². The van der Waals surface area contributed by atoms with E-state index in [0.717, 1.165) is 44.2 Å². The van der Waals surface area contributed by atoms with E-state index in [1.54, 1.807) is 21.3 Å². The van der Waals surface area contributed by atoms with Gasteiger partial charge >= 0.3 is 0 Å². The van der Waals surface area contributed by atoms with Crippen molar-refractivity contribution in [1.82, 2.24) is 0 Å². The molecule has 3 heteroatoms. The lowest BCUT2D eigenvalue weighted by Crippen LogP contribution is -1.93. The van der Waals surface area contributed by atoms with E-state index in [2.05, 4.69) is 43.3 Å². The first-order valence-electron chi connectivity index (χ1n) is 8.22. The normalized spacial score (nSPS) is 11.2. The van der Waals surface area contributed by atoms with Crippen LogP contribution in [0.1, 0.15) is 5.56 Å². The van der Waals surface area contributed by atoms with Crippen molar-refractivity contribution in [3.05, 3.63) is 54.1 Å². The molecular weight excluding hydrogens is 312 g/mol. The van der Waals surface area contributed by atoms with E-state index < -0.39 is 0 Å². The number of aryl methyl sites for hydroxylation is 1. The predicted molar refractivity (Wildman–Crippen MR) is 103 cm³/mol. The molecule has 0 unspecified atom stereocenters. The van der Waals surface area contributed by atoms with Gasteiger partial charge in [-0.1, -0.05) is 18.2 Å². The van der Waals surface area contributed by atoms with Crippen LogP contribution in [-0.2, 0) is 0 Å². The van der Waals surface area contributed by atoms with Crippen LogP contribution in [-0.4, -0.2) is 21.3 Å². The molecule has 0 radical (unpaired) electrons. The van der Waals surface area contributed by atoms with Crippen molar-refractivity contribution in [2.75, 3.05) is 21.3 Å². The number of ether oxygens (including phenoxy) is 3. The van der Waals surface area contributed by atoms with Gasteiger partial charge in [-0.25, -0.2) is 0 Å². The molecule has 0 heterocycles. The van der Waals surface area contributed by atoms with Crippen LogP contribution < -0.4 is 14.2 Å². The lowest BCUT2D eigenvalue weighted by Gasteiger charge is -2.16. The van der Waals surface area contributed by atoms with Gasteiger partial charge in [0.2, 0.25) is 0 Å². The Morgan fingerprint density at radius 1 is 0.640 bits per heavy atom. The molecule has 0 aromatic heterocycles. The minimum atomic E-state index is 0.864. The van der Waals surface area contributed by atoms with Crippen LogP contribution in [0.15, 0.2) is 48.5 Å². The highest BCUT2D eigenvalue weighted by atomic mass is 16.5. The first-order valence-corrected chi connectivity index (χ1v) is 8.22. The van der Waals surface area contributed by atoms with Crippen molar-refractivity contribution in [1.29, 1.82) is 0 Å². The summed E-state index contributed by atoms with van der Waals surface area (Å²) in [5.41, 5.74) is 1.17. The Morgan fingerprint density at radius 2 is 1.40 bits per heavy atom.